The van der Waals surface area contributed by atoms with Crippen molar-refractivity contribution < 1.29 is 28.6 Å². The molecular weight excluding hydrogens is 314 g/mol. The Bertz CT molecular complexity index is 599. The standard InChI is InChI=1S/C17H23NO6/c1-12-6-5-7-14(13(12)2)24-11-15(19)18(10-17(21)23-4)9-8-16(20)22-3/h5-7H,8-11H2,1-4H3. The number of aryl methyl sites for hydroxylation is 1. The summed E-state index contributed by atoms with van der Waals surface area (Å²) in [5.74, 6) is -0.840. The first-order valence-corrected chi connectivity index (χ1v) is 7.49. The Hall–Kier alpha value is -2.57. The van der Waals surface area contributed by atoms with Gasteiger partial charge in [-0.15, -0.1) is 0 Å². The number of hydrogen-bond donors (Lipinski definition) is 0. The molecule has 0 N–H and O–H groups in total. The molecule has 1 aromatic rings. The fraction of sp³-hybridized carbons (Fsp3) is 0.471. The van der Waals surface area contributed by atoms with Gasteiger partial charge in [0.05, 0.1) is 20.6 Å². The van der Waals surface area contributed by atoms with Crippen molar-refractivity contribution in [2.45, 2.75) is 20.3 Å². The van der Waals surface area contributed by atoms with Crippen LogP contribution < -0.4 is 4.74 Å². The third kappa shape index (κ3) is 5.91. The van der Waals surface area contributed by atoms with Gasteiger partial charge in [0.15, 0.2) is 6.61 Å². The average molecular weight is 337 g/mol. The van der Waals surface area contributed by atoms with Crippen molar-refractivity contribution in [1.82, 2.24) is 4.90 Å². The highest BCUT2D eigenvalue weighted by Crippen LogP contribution is 2.20. The second kappa shape index (κ2) is 9.54. The molecule has 132 valence electrons. The predicted octanol–water partition coefficient (Wildman–Crippen LogP) is 1.25. The molecule has 7 heteroatoms. The topological polar surface area (TPSA) is 82.1 Å². The van der Waals surface area contributed by atoms with E-state index in [1.165, 1.54) is 19.1 Å². The molecule has 0 aliphatic heterocycles. The maximum absolute atomic E-state index is 12.3. The molecule has 7 nitrogen and oxygen atoms in total. The van der Waals surface area contributed by atoms with E-state index in [0.29, 0.717) is 5.75 Å². The van der Waals surface area contributed by atoms with Gasteiger partial charge in [0.2, 0.25) is 0 Å². The minimum atomic E-state index is -0.569. The number of carbonyl (C=O) groups excluding carboxylic acids is 3. The first kappa shape index (κ1) is 19.5. The molecule has 0 aliphatic carbocycles. The third-order valence-electron chi connectivity index (χ3n) is 3.62. The summed E-state index contributed by atoms with van der Waals surface area (Å²) in [7, 11) is 2.50. The molecule has 0 radical (unpaired) electrons. The smallest absolute Gasteiger partial charge is 0.325 e. The Morgan fingerprint density at radius 3 is 2.33 bits per heavy atom. The third-order valence-corrected chi connectivity index (χ3v) is 3.62. The molecule has 0 unspecified atom stereocenters. The van der Waals surface area contributed by atoms with E-state index in [-0.39, 0.29) is 26.1 Å². The molecule has 0 aliphatic rings. The van der Waals surface area contributed by atoms with Gasteiger partial charge in [0.25, 0.3) is 5.91 Å². The van der Waals surface area contributed by atoms with Gasteiger partial charge >= 0.3 is 11.9 Å². The molecule has 0 bridgehead atoms. The first-order chi connectivity index (χ1) is 11.4. The van der Waals surface area contributed by atoms with E-state index in [1.54, 1.807) is 6.07 Å². The maximum atomic E-state index is 12.3. The Balaban J connectivity index is 2.70. The number of hydrogen-bond acceptors (Lipinski definition) is 6. The monoisotopic (exact) mass is 337 g/mol. The van der Waals surface area contributed by atoms with Crippen molar-refractivity contribution in [1.29, 1.82) is 0 Å². The Kier molecular flexibility index (Phi) is 7.74. The lowest BCUT2D eigenvalue weighted by atomic mass is 10.1. The lowest BCUT2D eigenvalue weighted by Crippen LogP contribution is -2.40. The van der Waals surface area contributed by atoms with E-state index in [2.05, 4.69) is 9.47 Å². The average Bonchev–Trinajstić information content (AvgIpc) is 2.58. The highest BCUT2D eigenvalue weighted by atomic mass is 16.5. The molecule has 0 aromatic heterocycles. The van der Waals surface area contributed by atoms with Gasteiger partial charge in [0, 0.05) is 6.54 Å². The molecule has 0 fully saturated rings. The fourth-order valence-electron chi connectivity index (χ4n) is 1.95. The largest absolute Gasteiger partial charge is 0.483 e. The lowest BCUT2D eigenvalue weighted by Gasteiger charge is -2.21. The second-order valence-electron chi connectivity index (χ2n) is 5.20. The van der Waals surface area contributed by atoms with Gasteiger partial charge in [-0.25, -0.2) is 0 Å². The van der Waals surface area contributed by atoms with Crippen LogP contribution in [0.3, 0.4) is 0 Å². The van der Waals surface area contributed by atoms with Crippen LogP contribution in [0.4, 0.5) is 0 Å². The summed E-state index contributed by atoms with van der Waals surface area (Å²) in [5, 5.41) is 0. The zero-order valence-corrected chi connectivity index (χ0v) is 14.5. The van der Waals surface area contributed by atoms with Crippen LogP contribution in [0.1, 0.15) is 17.5 Å². The van der Waals surface area contributed by atoms with Crippen LogP contribution >= 0.6 is 0 Å². The zero-order chi connectivity index (χ0) is 18.1. The van der Waals surface area contributed by atoms with E-state index in [0.717, 1.165) is 11.1 Å². The molecule has 1 rings (SSSR count). The highest BCUT2D eigenvalue weighted by molar-refractivity contribution is 5.83. The number of esters is 2. The summed E-state index contributed by atoms with van der Waals surface area (Å²) in [6.45, 7) is 3.42. The molecule has 0 heterocycles. The van der Waals surface area contributed by atoms with Crippen LogP contribution in [0.5, 0.6) is 5.75 Å². The van der Waals surface area contributed by atoms with Crippen molar-refractivity contribution in [2.75, 3.05) is 33.9 Å². The number of carbonyl (C=O) groups is 3. The van der Waals surface area contributed by atoms with E-state index in [9.17, 15) is 14.4 Å². The summed E-state index contributed by atoms with van der Waals surface area (Å²) in [6, 6.07) is 5.56. The molecule has 0 atom stereocenters. The Labute approximate surface area is 141 Å². The van der Waals surface area contributed by atoms with Crippen molar-refractivity contribution >= 4 is 17.8 Å². The van der Waals surface area contributed by atoms with E-state index in [1.807, 2.05) is 26.0 Å². The normalized spacial score (nSPS) is 10.0. The van der Waals surface area contributed by atoms with Gasteiger partial charge in [-0.05, 0) is 31.0 Å². The van der Waals surface area contributed by atoms with Gasteiger partial charge in [-0.3, -0.25) is 14.4 Å². The van der Waals surface area contributed by atoms with Crippen molar-refractivity contribution in [3.63, 3.8) is 0 Å². The predicted molar refractivity (Wildman–Crippen MR) is 86.6 cm³/mol. The van der Waals surface area contributed by atoms with Crippen molar-refractivity contribution in [3.8, 4) is 5.75 Å². The van der Waals surface area contributed by atoms with E-state index >= 15 is 0 Å². The molecule has 1 aromatic carbocycles. The highest BCUT2D eigenvalue weighted by Gasteiger charge is 2.19. The summed E-state index contributed by atoms with van der Waals surface area (Å²) in [6.07, 6.45) is -0.0112. The minimum Gasteiger partial charge on any atom is -0.483 e. The molecule has 1 amide bonds. The lowest BCUT2D eigenvalue weighted by molar-refractivity contribution is -0.149. The number of methoxy groups -OCH3 is 2. The minimum absolute atomic E-state index is 0.0112. The zero-order valence-electron chi connectivity index (χ0n) is 14.5. The van der Waals surface area contributed by atoms with Gasteiger partial charge < -0.3 is 19.1 Å². The van der Waals surface area contributed by atoms with Crippen LogP contribution in [0.2, 0.25) is 0 Å². The molecular formula is C17H23NO6. The Morgan fingerprint density at radius 2 is 1.71 bits per heavy atom. The van der Waals surface area contributed by atoms with Crippen molar-refractivity contribution in [2.24, 2.45) is 0 Å². The number of nitrogens with zero attached hydrogens (tertiary/aromatic N) is 1. The summed E-state index contributed by atoms with van der Waals surface area (Å²) in [4.78, 5) is 36.2. The number of amides is 1. The summed E-state index contributed by atoms with van der Waals surface area (Å²) < 4.78 is 14.7. The van der Waals surface area contributed by atoms with Crippen LogP contribution in [0, 0.1) is 13.8 Å². The van der Waals surface area contributed by atoms with E-state index < -0.39 is 17.8 Å². The van der Waals surface area contributed by atoms with E-state index in [4.69, 9.17) is 4.74 Å². The number of rotatable bonds is 8. The number of ether oxygens (including phenoxy) is 3. The van der Waals surface area contributed by atoms with Gasteiger partial charge in [-0.2, -0.15) is 0 Å². The van der Waals surface area contributed by atoms with Gasteiger partial charge in [0.1, 0.15) is 12.3 Å². The number of benzene rings is 1. The van der Waals surface area contributed by atoms with Crippen LogP contribution in [-0.2, 0) is 23.9 Å². The van der Waals surface area contributed by atoms with Crippen LogP contribution in [0.15, 0.2) is 18.2 Å². The first-order valence-electron chi connectivity index (χ1n) is 7.49. The molecule has 0 saturated heterocycles. The van der Waals surface area contributed by atoms with Crippen LogP contribution in [0.25, 0.3) is 0 Å². The molecule has 0 saturated carbocycles. The SMILES string of the molecule is COC(=O)CCN(CC(=O)OC)C(=O)COc1cccc(C)c1C. The van der Waals surface area contributed by atoms with Gasteiger partial charge in [-0.1, -0.05) is 12.1 Å². The molecule has 24 heavy (non-hydrogen) atoms. The maximum Gasteiger partial charge on any atom is 0.325 e. The summed E-state index contributed by atoms with van der Waals surface area (Å²) in [5.41, 5.74) is 2.00. The fourth-order valence-corrected chi connectivity index (χ4v) is 1.95. The summed E-state index contributed by atoms with van der Waals surface area (Å²) >= 11 is 0. The quantitative estimate of drug-likeness (QED) is 0.664. The van der Waals surface area contributed by atoms with Crippen LogP contribution in [-0.4, -0.2) is 56.7 Å². The molecule has 0 spiro atoms. The Morgan fingerprint density at radius 1 is 1.04 bits per heavy atom. The second-order valence-corrected chi connectivity index (χ2v) is 5.20. The van der Waals surface area contributed by atoms with Crippen molar-refractivity contribution in [3.05, 3.63) is 29.3 Å².